The van der Waals surface area contributed by atoms with Crippen LogP contribution in [0.25, 0.3) is 0 Å². The average molecular weight is 210 g/mol. The van der Waals surface area contributed by atoms with Crippen LogP contribution in [-0.4, -0.2) is 21.3 Å². The molecule has 0 saturated heterocycles. The number of aliphatic hydroxyl groups is 3. The molecule has 0 rings (SSSR count). The number of hydrogen-bond donors (Lipinski definition) is 3. The zero-order valence-electron chi connectivity index (χ0n) is 7.58. The minimum atomic E-state index is -2.45. The Balaban J connectivity index is 0. The topological polar surface area (TPSA) is 60.7 Å². The van der Waals surface area contributed by atoms with Gasteiger partial charge in [0.2, 0.25) is 0 Å². The number of hydrogen-bond acceptors (Lipinski definition) is 3. The second-order valence-electron chi connectivity index (χ2n) is 2.94. The second kappa shape index (κ2) is 8.20. The van der Waals surface area contributed by atoms with Gasteiger partial charge in [0.15, 0.2) is 0 Å². The molecule has 0 fully saturated rings. The standard InChI is InChI=1S/C8H18O3.Ti/c1-2-3-4-5-6-7-8(9,10)11;/h9-11H,2-7H2,1H3;. The van der Waals surface area contributed by atoms with Gasteiger partial charge in [-0.3, -0.25) is 0 Å². The molecule has 0 aliphatic heterocycles. The van der Waals surface area contributed by atoms with E-state index in [0.717, 1.165) is 12.8 Å². The zero-order valence-corrected chi connectivity index (χ0v) is 9.15. The minimum Gasteiger partial charge on any atom is -0.344 e. The summed E-state index contributed by atoms with van der Waals surface area (Å²) in [4.78, 5) is 0. The molecule has 0 aromatic heterocycles. The monoisotopic (exact) mass is 210 g/mol. The van der Waals surface area contributed by atoms with Crippen LogP contribution in [0.4, 0.5) is 0 Å². The van der Waals surface area contributed by atoms with E-state index in [4.69, 9.17) is 15.3 Å². The normalized spacial score (nSPS) is 11.0. The van der Waals surface area contributed by atoms with Crippen LogP contribution in [0.15, 0.2) is 0 Å². The molecular weight excluding hydrogens is 192 g/mol. The van der Waals surface area contributed by atoms with Crippen molar-refractivity contribution in [1.82, 2.24) is 0 Å². The molecule has 0 spiro atoms. The molecule has 0 heterocycles. The van der Waals surface area contributed by atoms with Crippen molar-refractivity contribution in [2.75, 3.05) is 0 Å². The van der Waals surface area contributed by atoms with E-state index in [9.17, 15) is 0 Å². The van der Waals surface area contributed by atoms with Crippen LogP contribution < -0.4 is 0 Å². The van der Waals surface area contributed by atoms with Crippen molar-refractivity contribution in [2.45, 2.75) is 51.4 Å². The Bertz CT molecular complexity index is 90.8. The van der Waals surface area contributed by atoms with Crippen molar-refractivity contribution < 1.29 is 37.0 Å². The molecule has 3 nitrogen and oxygen atoms in total. The Morgan fingerprint density at radius 1 is 0.917 bits per heavy atom. The fourth-order valence-electron chi connectivity index (χ4n) is 0.966. The van der Waals surface area contributed by atoms with Crippen molar-refractivity contribution in [3.8, 4) is 0 Å². The molecule has 12 heavy (non-hydrogen) atoms. The largest absolute Gasteiger partial charge is 0.344 e. The number of unbranched alkanes of at least 4 members (excludes halogenated alkanes) is 4. The molecule has 0 saturated carbocycles. The SMILES string of the molecule is CCCCCCCC(O)(O)O.[Ti]. The van der Waals surface area contributed by atoms with Crippen molar-refractivity contribution in [3.63, 3.8) is 0 Å². The summed E-state index contributed by atoms with van der Waals surface area (Å²) in [6, 6.07) is 0. The van der Waals surface area contributed by atoms with E-state index < -0.39 is 5.97 Å². The van der Waals surface area contributed by atoms with E-state index in [-0.39, 0.29) is 28.1 Å². The summed E-state index contributed by atoms with van der Waals surface area (Å²) in [5.41, 5.74) is 0. The van der Waals surface area contributed by atoms with E-state index in [2.05, 4.69) is 6.92 Å². The van der Waals surface area contributed by atoms with E-state index in [1.165, 1.54) is 12.8 Å². The zero-order chi connectivity index (χ0) is 8.74. The van der Waals surface area contributed by atoms with Gasteiger partial charge in [-0.1, -0.05) is 32.6 Å². The number of rotatable bonds is 6. The summed E-state index contributed by atoms with van der Waals surface area (Å²) in [5.74, 6) is -2.45. The first kappa shape index (κ1) is 15.1. The summed E-state index contributed by atoms with van der Waals surface area (Å²) in [6.07, 6.45) is 5.13. The van der Waals surface area contributed by atoms with E-state index in [0.29, 0.717) is 6.42 Å². The molecule has 0 bridgehead atoms. The quantitative estimate of drug-likeness (QED) is 0.348. The van der Waals surface area contributed by atoms with Crippen molar-refractivity contribution in [1.29, 1.82) is 0 Å². The Labute approximate surface area is 88.7 Å². The van der Waals surface area contributed by atoms with Gasteiger partial charge in [0.1, 0.15) is 0 Å². The first-order chi connectivity index (χ1) is 5.06. The van der Waals surface area contributed by atoms with Gasteiger partial charge >= 0.3 is 0 Å². The fourth-order valence-corrected chi connectivity index (χ4v) is 0.966. The third-order valence-corrected chi connectivity index (χ3v) is 1.62. The van der Waals surface area contributed by atoms with Gasteiger partial charge in [0.05, 0.1) is 0 Å². The van der Waals surface area contributed by atoms with Crippen LogP contribution in [0.3, 0.4) is 0 Å². The third-order valence-electron chi connectivity index (χ3n) is 1.62. The van der Waals surface area contributed by atoms with E-state index in [1.54, 1.807) is 0 Å². The molecule has 3 N–H and O–H groups in total. The van der Waals surface area contributed by atoms with Gasteiger partial charge in [-0.25, -0.2) is 0 Å². The van der Waals surface area contributed by atoms with Crippen LogP contribution in [0.1, 0.15) is 45.4 Å². The smallest absolute Gasteiger partial charge is 0.275 e. The summed E-state index contributed by atoms with van der Waals surface area (Å²) in [5, 5.41) is 25.5. The predicted molar refractivity (Wildman–Crippen MR) is 42.8 cm³/mol. The molecule has 0 unspecified atom stereocenters. The fraction of sp³-hybridized carbons (Fsp3) is 1.00. The van der Waals surface area contributed by atoms with Crippen LogP contribution in [-0.2, 0) is 21.7 Å². The van der Waals surface area contributed by atoms with Gasteiger partial charge in [-0.05, 0) is 6.42 Å². The Hall–Kier alpha value is 0.594. The molecule has 0 aromatic rings. The first-order valence-corrected chi connectivity index (χ1v) is 4.23. The maximum atomic E-state index is 8.49. The molecular formula is C8H18O3Ti. The molecule has 0 aliphatic rings. The third kappa shape index (κ3) is 13.2. The van der Waals surface area contributed by atoms with Gasteiger partial charge in [-0.2, -0.15) is 0 Å². The molecule has 0 amide bonds. The van der Waals surface area contributed by atoms with Crippen LogP contribution >= 0.6 is 0 Å². The van der Waals surface area contributed by atoms with Crippen LogP contribution in [0, 0.1) is 0 Å². The van der Waals surface area contributed by atoms with E-state index >= 15 is 0 Å². The molecule has 72 valence electrons. The van der Waals surface area contributed by atoms with Gasteiger partial charge in [-0.15, -0.1) is 0 Å². The van der Waals surface area contributed by atoms with Crippen molar-refractivity contribution in [2.24, 2.45) is 0 Å². The first-order valence-electron chi connectivity index (χ1n) is 4.23. The summed E-state index contributed by atoms with van der Waals surface area (Å²) < 4.78 is 0. The molecule has 0 radical (unpaired) electrons. The summed E-state index contributed by atoms with van der Waals surface area (Å²) in [7, 11) is 0. The minimum absolute atomic E-state index is 0. The van der Waals surface area contributed by atoms with Gasteiger partial charge in [0, 0.05) is 28.1 Å². The van der Waals surface area contributed by atoms with Crippen molar-refractivity contribution >= 4 is 0 Å². The summed E-state index contributed by atoms with van der Waals surface area (Å²) in [6.45, 7) is 2.12. The maximum Gasteiger partial charge on any atom is 0.275 e. The van der Waals surface area contributed by atoms with Gasteiger partial charge in [0.25, 0.3) is 5.97 Å². The summed E-state index contributed by atoms with van der Waals surface area (Å²) >= 11 is 0. The molecule has 4 heteroatoms. The van der Waals surface area contributed by atoms with Gasteiger partial charge < -0.3 is 15.3 Å². The van der Waals surface area contributed by atoms with Crippen molar-refractivity contribution in [3.05, 3.63) is 0 Å². The Kier molecular flexibility index (Phi) is 10.3. The maximum absolute atomic E-state index is 8.49. The average Bonchev–Trinajstić information content (AvgIpc) is 1.85. The van der Waals surface area contributed by atoms with E-state index in [1.807, 2.05) is 0 Å². The second-order valence-corrected chi connectivity index (χ2v) is 2.94. The Morgan fingerprint density at radius 2 is 1.42 bits per heavy atom. The van der Waals surface area contributed by atoms with Crippen LogP contribution in [0.5, 0.6) is 0 Å². The van der Waals surface area contributed by atoms with Crippen LogP contribution in [0.2, 0.25) is 0 Å². The Morgan fingerprint density at radius 3 is 1.83 bits per heavy atom. The molecule has 0 atom stereocenters. The predicted octanol–water partition coefficient (Wildman–Crippen LogP) is 0.975. The molecule has 0 aliphatic carbocycles. The molecule has 0 aromatic carbocycles.